The minimum Gasteiger partial charge on any atom is -0.459 e. The predicted molar refractivity (Wildman–Crippen MR) is 517 cm³/mol. The van der Waals surface area contributed by atoms with Gasteiger partial charge in [0.05, 0.1) is 106 Å². The summed E-state index contributed by atoms with van der Waals surface area (Å²) in [7, 11) is 1.52. The number of nitrogens with one attached hydrogen (secondary N) is 11. The number of amides is 6. The van der Waals surface area contributed by atoms with Crippen molar-refractivity contribution in [3.63, 3.8) is 0 Å². The van der Waals surface area contributed by atoms with Crippen LogP contribution in [0.2, 0.25) is 0 Å². The van der Waals surface area contributed by atoms with E-state index in [1.54, 1.807) is 93.1 Å². The fourth-order valence-corrected chi connectivity index (χ4v) is 21.1. The van der Waals surface area contributed by atoms with E-state index in [-0.39, 0.29) is 77.3 Å². The van der Waals surface area contributed by atoms with Crippen LogP contribution in [0.5, 0.6) is 0 Å². The Hall–Kier alpha value is -15.2. The van der Waals surface area contributed by atoms with E-state index >= 15 is 0 Å². The van der Waals surface area contributed by atoms with Gasteiger partial charge in [0.15, 0.2) is 5.76 Å². The van der Waals surface area contributed by atoms with E-state index < -0.39 is 46.9 Å². The molecule has 1 aliphatic rings. The second-order valence-electron chi connectivity index (χ2n) is 30.3. The van der Waals surface area contributed by atoms with Gasteiger partial charge in [0.1, 0.15) is 63.6 Å². The second-order valence-corrected chi connectivity index (χ2v) is 36.8. The van der Waals surface area contributed by atoms with E-state index in [4.69, 9.17) is 9.15 Å². The lowest BCUT2D eigenvalue weighted by Gasteiger charge is -2.11. The number of carbonyl (C=O) groups excluding carboxylic acids is 6. The van der Waals surface area contributed by atoms with Gasteiger partial charge in [0.2, 0.25) is 29.5 Å². The molecule has 1 fully saturated rings. The highest BCUT2D eigenvalue weighted by Gasteiger charge is 2.29. The topological polar surface area (TPSA) is 340 Å². The number of hydrogen-bond donors (Lipinski definition) is 11. The molecule has 10 aromatic carbocycles. The lowest BCUT2D eigenvalue weighted by molar-refractivity contribution is -0.122. The minimum absolute atomic E-state index is 0.0717. The maximum atomic E-state index is 14.5. The highest BCUT2D eigenvalue weighted by Crippen LogP contribution is 2.44. The third-order valence-corrected chi connectivity index (χ3v) is 27.9. The largest absolute Gasteiger partial charge is 0.459 e. The molecule has 1 saturated heterocycles. The van der Waals surface area contributed by atoms with Gasteiger partial charge in [-0.2, -0.15) is 25.5 Å². The van der Waals surface area contributed by atoms with Crippen LogP contribution in [0.4, 0.5) is 50.4 Å². The molecule has 656 valence electrons. The first-order valence-corrected chi connectivity index (χ1v) is 45.8. The van der Waals surface area contributed by atoms with Crippen LogP contribution in [-0.4, -0.2) is 106 Å². The van der Waals surface area contributed by atoms with Crippen molar-refractivity contribution in [3.8, 4) is 52.9 Å². The monoisotopic (exact) mass is 1870 g/mol. The van der Waals surface area contributed by atoms with Gasteiger partial charge in [-0.3, -0.25) is 54.3 Å². The van der Waals surface area contributed by atoms with Crippen molar-refractivity contribution in [2.24, 2.45) is 0 Å². The summed E-state index contributed by atoms with van der Waals surface area (Å²) in [6.45, 7) is 1.64. The Balaban J connectivity index is 0.000000107. The summed E-state index contributed by atoms with van der Waals surface area (Å²) < 4.78 is 87.4. The van der Waals surface area contributed by atoms with Crippen molar-refractivity contribution in [3.05, 3.63) is 288 Å². The number of aromatic amines is 5. The Kier molecular flexibility index (Phi) is 24.4. The van der Waals surface area contributed by atoms with E-state index in [0.29, 0.717) is 46.1 Å². The number of ether oxygens (including phenoxy) is 1. The van der Waals surface area contributed by atoms with Gasteiger partial charge >= 0.3 is 0 Å². The zero-order valence-corrected chi connectivity index (χ0v) is 74.0. The number of thiophene rings is 6. The number of hydrogen-bond acceptors (Lipinski definition) is 19. The van der Waals surface area contributed by atoms with E-state index in [1.165, 1.54) is 77.4 Å². The summed E-state index contributed by atoms with van der Waals surface area (Å²) in [4.78, 5) is 77.1. The molecule has 0 bridgehead atoms. The number of rotatable bonds is 17. The van der Waals surface area contributed by atoms with Crippen LogP contribution >= 0.6 is 68.0 Å². The SMILES string of the molecule is CC(=O)Nc1cc2c(-c3cc4ccccc4s3)n[nH]c2cc1F.COCCC(=O)Nc1cc2c(-c3cc4ccccc4s3)n[nH]c2cc1F.O=C(Cc1cccs1)Nc1cc2c(-c3cc4ccccc4s3)n[nH]c2cc1F.O=C(Nc1cc2c(-c3cc4ccccc4s3)n[nH]c2cc1F)c1ccco1.O=C1CC[C@H](C(=O)Nc2cc3c(-c4cc5ccccc5s4)n[nH]c3cc2F)N1. The summed E-state index contributed by atoms with van der Waals surface area (Å²) in [5.41, 5.74) is 7.21. The number of nitrogens with zero attached hydrogens (tertiary/aromatic N) is 5. The molecular formula is C97H69F5N16O8S6. The van der Waals surface area contributed by atoms with Gasteiger partial charge in [0.25, 0.3) is 5.91 Å². The first-order valence-electron chi connectivity index (χ1n) is 40.9. The van der Waals surface area contributed by atoms with Crippen LogP contribution in [0.15, 0.2) is 253 Å². The minimum atomic E-state index is -0.631. The Morgan fingerprint density at radius 3 is 1.06 bits per heavy atom. The number of H-pyrrole nitrogens is 5. The molecule has 0 spiro atoms. The Morgan fingerprint density at radius 2 is 0.750 bits per heavy atom. The third-order valence-electron chi connectivity index (χ3n) is 21.4. The van der Waals surface area contributed by atoms with E-state index in [1.807, 2.05) is 121 Å². The molecule has 35 heteroatoms. The number of methoxy groups -OCH3 is 1. The molecule has 6 amide bonds. The van der Waals surface area contributed by atoms with Crippen molar-refractivity contribution < 1.29 is 59.9 Å². The summed E-state index contributed by atoms with van der Waals surface area (Å²) in [5.74, 6) is -4.41. The molecule has 0 radical (unpaired) electrons. The van der Waals surface area contributed by atoms with Crippen molar-refractivity contribution in [1.29, 1.82) is 0 Å². The summed E-state index contributed by atoms with van der Waals surface area (Å²) in [6.07, 6.45) is 2.50. The van der Waals surface area contributed by atoms with Crippen LogP contribution in [0.25, 0.3) is 158 Å². The van der Waals surface area contributed by atoms with Gasteiger partial charge < -0.3 is 41.1 Å². The first kappa shape index (κ1) is 86.2. The highest BCUT2D eigenvalue weighted by atomic mass is 32.1. The smallest absolute Gasteiger partial charge is 0.291 e. The van der Waals surface area contributed by atoms with Crippen LogP contribution in [0.3, 0.4) is 0 Å². The van der Waals surface area contributed by atoms with Crippen molar-refractivity contribution in [1.82, 2.24) is 56.3 Å². The predicted octanol–water partition coefficient (Wildman–Crippen LogP) is 24.2. The zero-order chi connectivity index (χ0) is 90.8. The average Bonchev–Trinajstić information content (AvgIpc) is 1.64. The maximum absolute atomic E-state index is 14.5. The molecule has 1 aliphatic heterocycles. The van der Waals surface area contributed by atoms with Gasteiger partial charge in [-0.05, 0) is 148 Å². The maximum Gasteiger partial charge on any atom is 0.291 e. The number of aromatic nitrogens is 10. The second kappa shape index (κ2) is 37.5. The number of halogens is 5. The molecule has 0 unspecified atom stereocenters. The molecular weight excluding hydrogens is 1800 g/mol. The zero-order valence-electron chi connectivity index (χ0n) is 69.1. The quantitative estimate of drug-likeness (QED) is 0.0378. The van der Waals surface area contributed by atoms with E-state index in [2.05, 4.69) is 131 Å². The first-order chi connectivity index (χ1) is 64.2. The van der Waals surface area contributed by atoms with Crippen molar-refractivity contribution >= 4 is 237 Å². The molecule has 11 N–H and O–H groups in total. The Morgan fingerprint density at radius 1 is 0.409 bits per heavy atom. The molecule has 132 heavy (non-hydrogen) atoms. The number of anilines is 5. The van der Waals surface area contributed by atoms with Crippen LogP contribution in [0, 0.1) is 29.1 Å². The number of benzene rings is 10. The van der Waals surface area contributed by atoms with Gasteiger partial charge in [-0.25, -0.2) is 22.0 Å². The van der Waals surface area contributed by atoms with Gasteiger partial charge in [0, 0.05) is 106 Å². The lowest BCUT2D eigenvalue weighted by Crippen LogP contribution is -2.37. The molecule has 24 nitrogen and oxygen atoms in total. The third kappa shape index (κ3) is 18.4. The van der Waals surface area contributed by atoms with Crippen LogP contribution in [0.1, 0.15) is 41.6 Å². The van der Waals surface area contributed by atoms with E-state index in [9.17, 15) is 50.7 Å². The van der Waals surface area contributed by atoms with Crippen molar-refractivity contribution in [2.45, 2.75) is 38.6 Å². The fraction of sp³-hybridized carbons (Fsp3) is 0.0825. The summed E-state index contributed by atoms with van der Waals surface area (Å²) >= 11 is 9.61. The Bertz CT molecular complexity index is 8020. The van der Waals surface area contributed by atoms with Gasteiger partial charge in [-0.15, -0.1) is 68.0 Å². The molecule has 12 aromatic heterocycles. The molecule has 13 heterocycles. The van der Waals surface area contributed by atoms with Gasteiger partial charge in [-0.1, -0.05) is 97.1 Å². The summed E-state index contributed by atoms with van der Waals surface area (Å²) in [6, 6.07) is 71.8. The molecule has 0 saturated carbocycles. The lowest BCUT2D eigenvalue weighted by atomic mass is 10.1. The molecule has 0 aliphatic carbocycles. The van der Waals surface area contributed by atoms with Crippen molar-refractivity contribution in [2.75, 3.05) is 40.3 Å². The molecule has 22 aromatic rings. The van der Waals surface area contributed by atoms with Crippen LogP contribution in [-0.2, 0) is 35.1 Å². The summed E-state index contributed by atoms with van der Waals surface area (Å²) in [5, 5.41) is 63.0. The standard InChI is InChI=1S/C21H14FN3OS2.C20H15FN4O2S.C20H12FN3O2S.C19H16FN3O2S.C17H12FN3OS/c22-15-11-16-14(10-17(15)23-20(26)9-13-5-3-7-27-13)21(25-24-16)19-8-12-4-1-2-6-18(12)28-19;21-12-9-14-11(8-15(12)23-20(27)13-5-6-18(26)22-13)19(25-24-14)17-7-10-3-1-2-4-16(10)28-17;21-13-10-14-12(9-15(13)22-20(25)16-5-3-7-26-16)19(24-23-14)18-8-11-4-1-2-6-17(11)27-18;1-25-7-6-18(24)21-15-9-12-14(10-13(15)20)22-23-19(12)17-8-11-4-2-3-5-16(11)26-17;1-9(22)19-14-7-11-13(8-12(14)18)20-21-17(11)16-6-10-4-2-3-5-15(10)23-16/h1-8,10-11H,9H2,(H,23,26)(H,24,25);1-4,7-9,13H,5-6H2,(H,22,26)(H,23,27)(H,24,25);1-10H,(H,22,25)(H,23,24);2-5,8-10H,6-7H2,1H3,(H,21,24)(H,22,23);2-8H,1H3,(H,19,22)(H,20,21)/t;13-;;;/m.1.../s1. The van der Waals surface area contributed by atoms with E-state index in [0.717, 1.165) is 120 Å². The fourth-order valence-electron chi connectivity index (χ4n) is 15.1. The molecule has 23 rings (SSSR count). The molecule has 1 atom stereocenters. The number of fused-ring (bicyclic) bond motifs is 10. The average molecular weight is 1870 g/mol. The Labute approximate surface area is 767 Å². The van der Waals surface area contributed by atoms with Crippen LogP contribution < -0.4 is 31.9 Å². The normalized spacial score (nSPS) is 12.4. The number of furan rings is 1. The number of carbonyl (C=O) groups is 6. The highest BCUT2D eigenvalue weighted by molar-refractivity contribution is 7.24.